The van der Waals surface area contributed by atoms with Crippen molar-refractivity contribution in [2.75, 3.05) is 13.2 Å². The van der Waals surface area contributed by atoms with Crippen LogP contribution < -0.4 is 4.74 Å². The van der Waals surface area contributed by atoms with Gasteiger partial charge in [0, 0.05) is 6.61 Å². The Balaban J connectivity index is 2.68. The number of benzene rings is 1. The molecule has 88 valence electrons. The molecule has 0 unspecified atom stereocenters. The number of hydrogen-bond donors (Lipinski definition) is 2. The molecule has 16 heavy (non-hydrogen) atoms. The van der Waals surface area contributed by atoms with Crippen molar-refractivity contribution in [3.63, 3.8) is 0 Å². The molecule has 0 atom stereocenters. The normalized spacial score (nSPS) is 10.1. The molecule has 4 nitrogen and oxygen atoms in total. The lowest BCUT2D eigenvalue weighted by Crippen LogP contribution is -2.05. The molecule has 0 fully saturated rings. The molecule has 0 heterocycles. The number of aliphatic hydroxyl groups excluding tert-OH is 1. The summed E-state index contributed by atoms with van der Waals surface area (Å²) in [6.45, 7) is 2.43. The lowest BCUT2D eigenvalue weighted by molar-refractivity contribution is 0.0692. The van der Waals surface area contributed by atoms with E-state index in [1.807, 2.05) is 6.92 Å². The van der Waals surface area contributed by atoms with E-state index >= 15 is 0 Å². The molecule has 0 aliphatic rings. The van der Waals surface area contributed by atoms with Crippen molar-refractivity contribution in [2.45, 2.75) is 19.8 Å². The summed E-state index contributed by atoms with van der Waals surface area (Å²) in [5, 5.41) is 17.5. The van der Waals surface area contributed by atoms with Gasteiger partial charge in [0.2, 0.25) is 0 Å². The summed E-state index contributed by atoms with van der Waals surface area (Å²) in [5.41, 5.74) is 1.14. The van der Waals surface area contributed by atoms with Crippen LogP contribution in [-0.2, 0) is 0 Å². The number of carboxylic acid groups (broad SMARTS) is 1. The fourth-order valence-electron chi connectivity index (χ4n) is 1.32. The molecule has 0 aromatic heterocycles. The zero-order valence-corrected chi connectivity index (χ0v) is 9.27. The molecule has 0 saturated carbocycles. The summed E-state index contributed by atoms with van der Waals surface area (Å²) in [7, 11) is 0. The van der Waals surface area contributed by atoms with E-state index < -0.39 is 5.97 Å². The summed E-state index contributed by atoms with van der Waals surface area (Å²) in [4.78, 5) is 10.9. The van der Waals surface area contributed by atoms with Gasteiger partial charge in [-0.2, -0.15) is 0 Å². The summed E-state index contributed by atoms with van der Waals surface area (Å²) in [6, 6.07) is 4.99. The molecule has 4 heteroatoms. The lowest BCUT2D eigenvalue weighted by Gasteiger charge is -2.09. The van der Waals surface area contributed by atoms with Gasteiger partial charge >= 0.3 is 5.97 Å². The lowest BCUT2D eigenvalue weighted by atomic mass is 10.1. The number of carboxylic acids is 1. The first-order valence-corrected chi connectivity index (χ1v) is 5.22. The monoisotopic (exact) mass is 224 g/mol. The summed E-state index contributed by atoms with van der Waals surface area (Å²) < 4.78 is 5.39. The topological polar surface area (TPSA) is 66.8 Å². The third-order valence-electron chi connectivity index (χ3n) is 2.18. The standard InChI is InChI=1S/C12H16O4/c1-9-4-5-10(12(14)15)11(8-9)16-7-3-2-6-13/h4-5,8,13H,2-3,6-7H2,1H3,(H,14,15). The van der Waals surface area contributed by atoms with Crippen LogP contribution in [0.4, 0.5) is 0 Å². The van der Waals surface area contributed by atoms with Gasteiger partial charge in [0.15, 0.2) is 0 Å². The van der Waals surface area contributed by atoms with Crippen LogP contribution in [-0.4, -0.2) is 29.4 Å². The minimum atomic E-state index is -0.989. The van der Waals surface area contributed by atoms with Crippen molar-refractivity contribution in [1.29, 1.82) is 0 Å². The Kier molecular flexibility index (Phi) is 4.79. The molecule has 1 rings (SSSR count). The highest BCUT2D eigenvalue weighted by atomic mass is 16.5. The predicted molar refractivity (Wildman–Crippen MR) is 60.0 cm³/mol. The van der Waals surface area contributed by atoms with Crippen LogP contribution in [0.25, 0.3) is 0 Å². The molecular weight excluding hydrogens is 208 g/mol. The van der Waals surface area contributed by atoms with E-state index in [-0.39, 0.29) is 12.2 Å². The van der Waals surface area contributed by atoms with E-state index in [2.05, 4.69) is 0 Å². The number of aromatic carboxylic acids is 1. The van der Waals surface area contributed by atoms with E-state index in [9.17, 15) is 4.79 Å². The second-order valence-electron chi connectivity index (χ2n) is 3.58. The van der Waals surface area contributed by atoms with E-state index in [4.69, 9.17) is 14.9 Å². The molecule has 0 aliphatic heterocycles. The molecule has 2 N–H and O–H groups in total. The molecule has 0 aliphatic carbocycles. The van der Waals surface area contributed by atoms with Gasteiger partial charge in [-0.25, -0.2) is 4.79 Å². The van der Waals surface area contributed by atoms with Crippen LogP contribution in [0.2, 0.25) is 0 Å². The zero-order chi connectivity index (χ0) is 12.0. The number of ether oxygens (including phenoxy) is 1. The van der Waals surface area contributed by atoms with Gasteiger partial charge in [0.05, 0.1) is 6.61 Å². The average Bonchev–Trinajstić information content (AvgIpc) is 2.24. The predicted octanol–water partition coefficient (Wildman–Crippen LogP) is 1.84. The van der Waals surface area contributed by atoms with Crippen molar-refractivity contribution in [2.24, 2.45) is 0 Å². The molecule has 0 radical (unpaired) electrons. The van der Waals surface area contributed by atoms with Crippen LogP contribution in [0.1, 0.15) is 28.8 Å². The largest absolute Gasteiger partial charge is 0.493 e. The highest BCUT2D eigenvalue weighted by molar-refractivity contribution is 5.90. The van der Waals surface area contributed by atoms with Crippen molar-refractivity contribution < 1.29 is 19.7 Å². The highest BCUT2D eigenvalue weighted by Gasteiger charge is 2.10. The van der Waals surface area contributed by atoms with E-state index in [1.54, 1.807) is 18.2 Å². The molecule has 0 bridgehead atoms. The van der Waals surface area contributed by atoms with Crippen molar-refractivity contribution >= 4 is 5.97 Å². The average molecular weight is 224 g/mol. The van der Waals surface area contributed by atoms with Crippen LogP contribution in [0.5, 0.6) is 5.75 Å². The first kappa shape index (κ1) is 12.5. The Labute approximate surface area is 94.5 Å². The third kappa shape index (κ3) is 3.55. The summed E-state index contributed by atoms with van der Waals surface area (Å²) in [5.74, 6) is -0.595. The van der Waals surface area contributed by atoms with Gasteiger partial charge in [0.1, 0.15) is 11.3 Å². The second kappa shape index (κ2) is 6.12. The molecule has 0 amide bonds. The Morgan fingerprint density at radius 1 is 1.38 bits per heavy atom. The molecular formula is C12H16O4. The first-order valence-electron chi connectivity index (χ1n) is 5.22. The highest BCUT2D eigenvalue weighted by Crippen LogP contribution is 2.20. The SMILES string of the molecule is Cc1ccc(C(=O)O)c(OCCCCO)c1. The summed E-state index contributed by atoms with van der Waals surface area (Å²) >= 11 is 0. The van der Waals surface area contributed by atoms with Crippen LogP contribution in [0, 0.1) is 6.92 Å². The molecule has 0 spiro atoms. The van der Waals surface area contributed by atoms with Gasteiger partial charge < -0.3 is 14.9 Å². The van der Waals surface area contributed by atoms with Crippen LogP contribution in [0.15, 0.2) is 18.2 Å². The fourth-order valence-corrected chi connectivity index (χ4v) is 1.32. The maximum atomic E-state index is 10.9. The van der Waals surface area contributed by atoms with Gasteiger partial charge in [-0.1, -0.05) is 6.07 Å². The number of hydrogen-bond acceptors (Lipinski definition) is 3. The second-order valence-corrected chi connectivity index (χ2v) is 3.58. The number of unbranched alkanes of at least 4 members (excludes halogenated alkanes) is 1. The first-order chi connectivity index (χ1) is 7.65. The van der Waals surface area contributed by atoms with Crippen molar-refractivity contribution in [3.05, 3.63) is 29.3 Å². The smallest absolute Gasteiger partial charge is 0.339 e. The number of aliphatic hydroxyl groups is 1. The van der Waals surface area contributed by atoms with Gasteiger partial charge in [-0.05, 0) is 37.5 Å². The number of aryl methyl sites for hydroxylation is 1. The summed E-state index contributed by atoms with van der Waals surface area (Å²) in [6.07, 6.45) is 1.37. The van der Waals surface area contributed by atoms with Gasteiger partial charge in [0.25, 0.3) is 0 Å². The molecule has 1 aromatic carbocycles. The van der Waals surface area contributed by atoms with Crippen LogP contribution in [0.3, 0.4) is 0 Å². The van der Waals surface area contributed by atoms with E-state index in [1.165, 1.54) is 0 Å². The Morgan fingerprint density at radius 2 is 2.12 bits per heavy atom. The maximum Gasteiger partial charge on any atom is 0.339 e. The zero-order valence-electron chi connectivity index (χ0n) is 9.27. The maximum absolute atomic E-state index is 10.9. The molecule has 0 saturated heterocycles. The van der Waals surface area contributed by atoms with Crippen LogP contribution >= 0.6 is 0 Å². The number of rotatable bonds is 6. The minimum Gasteiger partial charge on any atom is -0.493 e. The Bertz CT molecular complexity index is 360. The van der Waals surface area contributed by atoms with Crippen molar-refractivity contribution in [3.8, 4) is 5.75 Å². The third-order valence-corrected chi connectivity index (χ3v) is 2.18. The van der Waals surface area contributed by atoms with Gasteiger partial charge in [-0.3, -0.25) is 0 Å². The van der Waals surface area contributed by atoms with Crippen molar-refractivity contribution in [1.82, 2.24) is 0 Å². The number of carbonyl (C=O) groups is 1. The van der Waals surface area contributed by atoms with E-state index in [0.29, 0.717) is 25.2 Å². The van der Waals surface area contributed by atoms with Gasteiger partial charge in [-0.15, -0.1) is 0 Å². The Morgan fingerprint density at radius 3 is 2.75 bits per heavy atom. The minimum absolute atomic E-state index is 0.128. The Hall–Kier alpha value is -1.55. The fraction of sp³-hybridized carbons (Fsp3) is 0.417. The van der Waals surface area contributed by atoms with E-state index in [0.717, 1.165) is 5.56 Å². The molecule has 1 aromatic rings. The quantitative estimate of drug-likeness (QED) is 0.723.